The molecule has 7 heteroatoms. The fourth-order valence-electron chi connectivity index (χ4n) is 0.905. The first-order valence-corrected chi connectivity index (χ1v) is 3.93. The van der Waals surface area contributed by atoms with Gasteiger partial charge >= 0.3 is 5.97 Å². The van der Waals surface area contributed by atoms with Crippen molar-refractivity contribution in [3.8, 4) is 0 Å². The van der Waals surface area contributed by atoms with Gasteiger partial charge in [0, 0.05) is 0 Å². The Hall–Kier alpha value is -1.47. The van der Waals surface area contributed by atoms with Crippen LogP contribution in [0.4, 0.5) is 0 Å². The second kappa shape index (κ2) is 4.68. The van der Waals surface area contributed by atoms with E-state index in [-0.39, 0.29) is 12.2 Å². The van der Waals surface area contributed by atoms with Crippen molar-refractivity contribution in [2.24, 2.45) is 0 Å². The van der Waals surface area contributed by atoms with Crippen LogP contribution in [0, 0.1) is 0 Å². The molecular formula is C7H11N3O4. The first-order chi connectivity index (χ1) is 6.65. The lowest BCUT2D eigenvalue weighted by Gasteiger charge is -2.13. The molecule has 2 atom stereocenters. The SMILES string of the molecule is COC(=O)CC(O)C(O)c1ncn[nH]1. The average Bonchev–Trinajstić information content (AvgIpc) is 2.69. The van der Waals surface area contributed by atoms with Crippen molar-refractivity contribution >= 4 is 5.97 Å². The number of nitrogens with one attached hydrogen (secondary N) is 1. The molecule has 1 aromatic rings. The van der Waals surface area contributed by atoms with E-state index in [1.165, 1.54) is 13.4 Å². The number of hydrogen-bond donors (Lipinski definition) is 3. The monoisotopic (exact) mass is 201 g/mol. The maximum atomic E-state index is 10.8. The number of ether oxygens (including phenoxy) is 1. The summed E-state index contributed by atoms with van der Waals surface area (Å²) in [5.41, 5.74) is 0. The normalized spacial score (nSPS) is 14.8. The van der Waals surface area contributed by atoms with E-state index in [1.54, 1.807) is 0 Å². The van der Waals surface area contributed by atoms with Gasteiger partial charge in [-0.3, -0.25) is 9.89 Å². The fourth-order valence-corrected chi connectivity index (χ4v) is 0.905. The van der Waals surface area contributed by atoms with E-state index >= 15 is 0 Å². The molecule has 0 aliphatic carbocycles. The topological polar surface area (TPSA) is 108 Å². The zero-order valence-electron chi connectivity index (χ0n) is 7.54. The van der Waals surface area contributed by atoms with Gasteiger partial charge in [-0.2, -0.15) is 5.10 Å². The molecule has 0 spiro atoms. The Bertz CT molecular complexity index is 287. The summed E-state index contributed by atoms with van der Waals surface area (Å²) >= 11 is 0. The molecule has 78 valence electrons. The maximum Gasteiger partial charge on any atom is 0.308 e. The van der Waals surface area contributed by atoms with E-state index in [1.807, 2.05) is 0 Å². The molecule has 0 amide bonds. The van der Waals surface area contributed by atoms with Gasteiger partial charge < -0.3 is 14.9 Å². The smallest absolute Gasteiger partial charge is 0.308 e. The van der Waals surface area contributed by atoms with Crippen molar-refractivity contribution in [2.45, 2.75) is 18.6 Å². The second-order valence-corrected chi connectivity index (χ2v) is 2.66. The number of nitrogens with zero attached hydrogens (tertiary/aromatic N) is 2. The molecule has 0 aliphatic rings. The van der Waals surface area contributed by atoms with E-state index < -0.39 is 18.2 Å². The summed E-state index contributed by atoms with van der Waals surface area (Å²) in [6, 6.07) is 0. The number of carbonyl (C=O) groups excluding carboxylic acids is 1. The molecule has 0 saturated carbocycles. The van der Waals surface area contributed by atoms with Gasteiger partial charge in [0.05, 0.1) is 19.6 Å². The van der Waals surface area contributed by atoms with Crippen LogP contribution in [0.25, 0.3) is 0 Å². The molecule has 0 fully saturated rings. The Morgan fingerprint density at radius 2 is 2.43 bits per heavy atom. The highest BCUT2D eigenvalue weighted by Gasteiger charge is 2.23. The molecule has 14 heavy (non-hydrogen) atoms. The van der Waals surface area contributed by atoms with Gasteiger partial charge in [-0.05, 0) is 0 Å². The first kappa shape index (κ1) is 10.6. The van der Waals surface area contributed by atoms with Crippen LogP contribution >= 0.6 is 0 Å². The van der Waals surface area contributed by atoms with Crippen LogP contribution in [0.5, 0.6) is 0 Å². The van der Waals surface area contributed by atoms with Crippen LogP contribution in [-0.2, 0) is 9.53 Å². The number of aromatic amines is 1. The summed E-state index contributed by atoms with van der Waals surface area (Å²) < 4.78 is 4.33. The molecule has 7 nitrogen and oxygen atoms in total. The molecule has 0 radical (unpaired) electrons. The number of aromatic nitrogens is 3. The van der Waals surface area contributed by atoms with Gasteiger partial charge in [0.25, 0.3) is 0 Å². The average molecular weight is 201 g/mol. The Morgan fingerprint density at radius 1 is 1.71 bits per heavy atom. The predicted molar refractivity (Wildman–Crippen MR) is 44.0 cm³/mol. The van der Waals surface area contributed by atoms with Gasteiger partial charge in [0.2, 0.25) is 0 Å². The highest BCUT2D eigenvalue weighted by molar-refractivity contribution is 5.69. The Labute approximate surface area is 79.7 Å². The van der Waals surface area contributed by atoms with Crippen molar-refractivity contribution in [2.75, 3.05) is 7.11 Å². The van der Waals surface area contributed by atoms with E-state index in [0.717, 1.165) is 0 Å². The third-order valence-corrected chi connectivity index (χ3v) is 1.68. The molecule has 0 saturated heterocycles. The van der Waals surface area contributed by atoms with Gasteiger partial charge in [0.1, 0.15) is 12.4 Å². The van der Waals surface area contributed by atoms with E-state index in [4.69, 9.17) is 0 Å². The Balaban J connectivity index is 2.53. The Morgan fingerprint density at radius 3 is 2.93 bits per heavy atom. The second-order valence-electron chi connectivity index (χ2n) is 2.66. The largest absolute Gasteiger partial charge is 0.469 e. The summed E-state index contributed by atoms with van der Waals surface area (Å²) in [7, 11) is 1.20. The quantitative estimate of drug-likeness (QED) is 0.526. The molecule has 1 aromatic heterocycles. The first-order valence-electron chi connectivity index (χ1n) is 3.93. The standard InChI is InChI=1S/C7H11N3O4/c1-14-5(12)2-4(11)6(13)7-8-3-9-10-7/h3-4,6,11,13H,2H2,1H3,(H,8,9,10). The highest BCUT2D eigenvalue weighted by Crippen LogP contribution is 2.14. The molecule has 3 N–H and O–H groups in total. The van der Waals surface area contributed by atoms with Crippen LogP contribution in [0.1, 0.15) is 18.3 Å². The van der Waals surface area contributed by atoms with Crippen molar-refractivity contribution in [1.82, 2.24) is 15.2 Å². The van der Waals surface area contributed by atoms with E-state index in [2.05, 4.69) is 19.9 Å². The fraction of sp³-hybridized carbons (Fsp3) is 0.571. The van der Waals surface area contributed by atoms with E-state index in [9.17, 15) is 15.0 Å². The molecule has 0 aromatic carbocycles. The van der Waals surface area contributed by atoms with Crippen LogP contribution in [-0.4, -0.2) is 44.6 Å². The zero-order valence-corrected chi connectivity index (χ0v) is 7.54. The lowest BCUT2D eigenvalue weighted by atomic mass is 10.1. The van der Waals surface area contributed by atoms with Gasteiger partial charge in [0.15, 0.2) is 5.82 Å². The number of methoxy groups -OCH3 is 1. The highest BCUT2D eigenvalue weighted by atomic mass is 16.5. The van der Waals surface area contributed by atoms with Crippen molar-refractivity contribution < 1.29 is 19.7 Å². The molecular weight excluding hydrogens is 190 g/mol. The zero-order chi connectivity index (χ0) is 10.6. The number of hydrogen-bond acceptors (Lipinski definition) is 6. The minimum Gasteiger partial charge on any atom is -0.469 e. The van der Waals surface area contributed by atoms with Crippen molar-refractivity contribution in [3.63, 3.8) is 0 Å². The summed E-state index contributed by atoms with van der Waals surface area (Å²) in [4.78, 5) is 14.4. The van der Waals surface area contributed by atoms with E-state index in [0.29, 0.717) is 0 Å². The number of H-pyrrole nitrogens is 1. The number of carbonyl (C=O) groups is 1. The van der Waals surface area contributed by atoms with Crippen molar-refractivity contribution in [1.29, 1.82) is 0 Å². The maximum absolute atomic E-state index is 10.8. The number of rotatable bonds is 4. The van der Waals surface area contributed by atoms with Gasteiger partial charge in [-0.25, -0.2) is 4.98 Å². The summed E-state index contributed by atoms with van der Waals surface area (Å²) in [5, 5.41) is 24.7. The van der Waals surface area contributed by atoms with Crippen LogP contribution < -0.4 is 0 Å². The molecule has 0 bridgehead atoms. The van der Waals surface area contributed by atoms with Crippen LogP contribution in [0.15, 0.2) is 6.33 Å². The number of aliphatic hydroxyl groups excluding tert-OH is 2. The summed E-state index contributed by atoms with van der Waals surface area (Å²) in [6.07, 6.45) is -1.62. The van der Waals surface area contributed by atoms with Crippen LogP contribution in [0.3, 0.4) is 0 Å². The summed E-state index contributed by atoms with van der Waals surface area (Å²) in [5.74, 6) is -0.488. The minimum atomic E-state index is -1.27. The minimum absolute atomic E-state index is 0.112. The lowest BCUT2D eigenvalue weighted by Crippen LogP contribution is -2.23. The third-order valence-electron chi connectivity index (χ3n) is 1.68. The molecule has 2 unspecified atom stereocenters. The van der Waals surface area contributed by atoms with Crippen LogP contribution in [0.2, 0.25) is 0 Å². The molecule has 1 heterocycles. The molecule has 0 aliphatic heterocycles. The Kier molecular flexibility index (Phi) is 3.55. The summed E-state index contributed by atoms with van der Waals surface area (Å²) in [6.45, 7) is 0. The van der Waals surface area contributed by atoms with Gasteiger partial charge in [-0.15, -0.1) is 0 Å². The number of aliphatic hydroxyl groups is 2. The molecule has 1 rings (SSSR count). The lowest BCUT2D eigenvalue weighted by molar-refractivity contribution is -0.144. The predicted octanol–water partition coefficient (Wildman–Crippen LogP) is -1.24. The van der Waals surface area contributed by atoms with Crippen molar-refractivity contribution in [3.05, 3.63) is 12.2 Å². The number of esters is 1. The third kappa shape index (κ3) is 2.51. The van der Waals surface area contributed by atoms with Gasteiger partial charge in [-0.1, -0.05) is 0 Å².